The highest BCUT2D eigenvalue weighted by atomic mass is 16.2. The van der Waals surface area contributed by atoms with Crippen LogP contribution >= 0.6 is 0 Å². The Bertz CT molecular complexity index is 387. The van der Waals surface area contributed by atoms with Crippen LogP contribution in [0.3, 0.4) is 0 Å². The number of rotatable bonds is 5. The summed E-state index contributed by atoms with van der Waals surface area (Å²) in [5.41, 5.74) is 11.2. The lowest BCUT2D eigenvalue weighted by Gasteiger charge is -2.09. The summed E-state index contributed by atoms with van der Waals surface area (Å²) in [5.74, 6) is -0.994. The van der Waals surface area contributed by atoms with Gasteiger partial charge in [0, 0.05) is 25.4 Å². The van der Waals surface area contributed by atoms with Crippen LogP contribution in [-0.4, -0.2) is 27.6 Å². The summed E-state index contributed by atoms with van der Waals surface area (Å²) >= 11 is 0. The van der Waals surface area contributed by atoms with Gasteiger partial charge in [-0.05, 0) is 0 Å². The second-order valence-electron chi connectivity index (χ2n) is 3.52. The molecule has 1 aromatic heterocycles. The number of nitrogens with zero attached hydrogens (tertiary/aromatic N) is 2. The third-order valence-electron chi connectivity index (χ3n) is 1.98. The predicted molar refractivity (Wildman–Crippen MR) is 56.8 cm³/mol. The molecule has 0 spiro atoms. The van der Waals surface area contributed by atoms with Gasteiger partial charge in [0.25, 0.3) is 0 Å². The van der Waals surface area contributed by atoms with Crippen LogP contribution in [-0.2, 0) is 23.2 Å². The van der Waals surface area contributed by atoms with Crippen molar-refractivity contribution >= 4 is 11.8 Å². The lowest BCUT2D eigenvalue weighted by molar-refractivity contribution is -0.126. The van der Waals surface area contributed by atoms with Crippen molar-refractivity contribution in [1.29, 1.82) is 0 Å². The Morgan fingerprint density at radius 2 is 2.31 bits per heavy atom. The Balaban J connectivity index is 2.37. The molecule has 0 fully saturated rings. The molecule has 16 heavy (non-hydrogen) atoms. The topological polar surface area (TPSA) is 116 Å². The second kappa shape index (κ2) is 5.26. The summed E-state index contributed by atoms with van der Waals surface area (Å²) in [4.78, 5) is 21.9. The summed E-state index contributed by atoms with van der Waals surface area (Å²) < 4.78 is 1.63. The standard InChI is InChI=1S/C9H15N5O2/c1-14-5-6(4-13-14)3-12-9(16)7(10)2-8(11)15/h4-5,7H,2-3,10H2,1H3,(H2,11,15)(H,12,16). The highest BCUT2D eigenvalue weighted by Crippen LogP contribution is 1.95. The molecule has 88 valence electrons. The molecule has 7 nitrogen and oxygen atoms in total. The van der Waals surface area contributed by atoms with Crippen LogP contribution in [0.5, 0.6) is 0 Å². The monoisotopic (exact) mass is 225 g/mol. The minimum atomic E-state index is -0.894. The minimum absolute atomic E-state index is 0.154. The summed E-state index contributed by atoms with van der Waals surface area (Å²) in [6.07, 6.45) is 3.26. The molecule has 2 amide bonds. The van der Waals surface area contributed by atoms with Crippen molar-refractivity contribution in [3.05, 3.63) is 18.0 Å². The highest BCUT2D eigenvalue weighted by Gasteiger charge is 2.15. The van der Waals surface area contributed by atoms with E-state index in [1.807, 2.05) is 0 Å². The molecule has 0 bridgehead atoms. The van der Waals surface area contributed by atoms with Crippen molar-refractivity contribution in [1.82, 2.24) is 15.1 Å². The maximum Gasteiger partial charge on any atom is 0.237 e. The average molecular weight is 225 g/mol. The molecule has 7 heteroatoms. The van der Waals surface area contributed by atoms with E-state index in [0.717, 1.165) is 5.56 Å². The molecule has 1 rings (SSSR count). The Hall–Kier alpha value is -1.89. The molecular formula is C9H15N5O2. The first-order valence-electron chi connectivity index (χ1n) is 4.78. The van der Waals surface area contributed by atoms with Gasteiger partial charge in [0.15, 0.2) is 0 Å². The van der Waals surface area contributed by atoms with Crippen LogP contribution in [0.4, 0.5) is 0 Å². The SMILES string of the molecule is Cn1cc(CNC(=O)C(N)CC(N)=O)cn1. The van der Waals surface area contributed by atoms with Gasteiger partial charge in [-0.25, -0.2) is 0 Å². The Morgan fingerprint density at radius 1 is 1.62 bits per heavy atom. The van der Waals surface area contributed by atoms with Gasteiger partial charge in [-0.1, -0.05) is 0 Å². The highest BCUT2D eigenvalue weighted by molar-refractivity contribution is 5.87. The minimum Gasteiger partial charge on any atom is -0.370 e. The first kappa shape index (κ1) is 12.2. The second-order valence-corrected chi connectivity index (χ2v) is 3.52. The number of carbonyl (C=O) groups is 2. The van der Waals surface area contributed by atoms with Gasteiger partial charge in [-0.2, -0.15) is 5.10 Å². The maximum absolute atomic E-state index is 11.4. The zero-order valence-electron chi connectivity index (χ0n) is 9.01. The Labute approximate surface area is 92.8 Å². The number of hydrogen-bond donors (Lipinski definition) is 3. The molecule has 1 aromatic rings. The molecule has 0 aromatic carbocycles. The van der Waals surface area contributed by atoms with Crippen molar-refractivity contribution in [2.45, 2.75) is 19.0 Å². The summed E-state index contributed by atoms with van der Waals surface area (Å²) in [6.45, 7) is 0.332. The number of amides is 2. The zero-order valence-corrected chi connectivity index (χ0v) is 9.01. The van der Waals surface area contributed by atoms with E-state index in [1.165, 1.54) is 0 Å². The smallest absolute Gasteiger partial charge is 0.237 e. The molecule has 1 heterocycles. The van der Waals surface area contributed by atoms with Gasteiger partial charge < -0.3 is 16.8 Å². The van der Waals surface area contributed by atoms with E-state index < -0.39 is 17.9 Å². The van der Waals surface area contributed by atoms with Crippen LogP contribution in [0.25, 0.3) is 0 Å². The van der Waals surface area contributed by atoms with Crippen LogP contribution in [0, 0.1) is 0 Å². The molecule has 1 unspecified atom stereocenters. The van der Waals surface area contributed by atoms with Crippen LogP contribution in [0.1, 0.15) is 12.0 Å². The fraction of sp³-hybridized carbons (Fsp3) is 0.444. The van der Waals surface area contributed by atoms with Crippen molar-refractivity contribution in [2.75, 3.05) is 0 Å². The summed E-state index contributed by atoms with van der Waals surface area (Å²) in [6, 6.07) is -0.894. The number of nitrogens with two attached hydrogens (primary N) is 2. The fourth-order valence-corrected chi connectivity index (χ4v) is 1.19. The largest absolute Gasteiger partial charge is 0.370 e. The van der Waals surface area contributed by atoms with Crippen molar-refractivity contribution in [3.63, 3.8) is 0 Å². The molecule has 1 atom stereocenters. The number of primary amides is 1. The molecular weight excluding hydrogens is 210 g/mol. The summed E-state index contributed by atoms with van der Waals surface area (Å²) in [5, 5.41) is 6.54. The van der Waals surface area contributed by atoms with Crippen LogP contribution in [0.2, 0.25) is 0 Å². The number of hydrogen-bond acceptors (Lipinski definition) is 4. The van der Waals surface area contributed by atoms with E-state index >= 15 is 0 Å². The van der Waals surface area contributed by atoms with Crippen molar-refractivity contribution in [3.8, 4) is 0 Å². The maximum atomic E-state index is 11.4. The van der Waals surface area contributed by atoms with Crippen LogP contribution in [0.15, 0.2) is 12.4 Å². The van der Waals surface area contributed by atoms with Gasteiger partial charge >= 0.3 is 0 Å². The van der Waals surface area contributed by atoms with E-state index in [2.05, 4.69) is 10.4 Å². The summed E-state index contributed by atoms with van der Waals surface area (Å²) in [7, 11) is 1.78. The molecule has 0 radical (unpaired) electrons. The van der Waals surface area contributed by atoms with E-state index in [-0.39, 0.29) is 6.42 Å². The van der Waals surface area contributed by atoms with E-state index in [1.54, 1.807) is 24.1 Å². The molecule has 5 N–H and O–H groups in total. The van der Waals surface area contributed by atoms with E-state index in [0.29, 0.717) is 6.54 Å². The number of nitrogens with one attached hydrogen (secondary N) is 1. The molecule has 0 saturated carbocycles. The van der Waals surface area contributed by atoms with E-state index in [4.69, 9.17) is 11.5 Å². The molecule has 0 aliphatic rings. The number of carbonyl (C=O) groups excluding carboxylic acids is 2. The predicted octanol–water partition coefficient (Wildman–Crippen LogP) is -1.76. The third kappa shape index (κ3) is 3.70. The first-order chi connectivity index (χ1) is 7.49. The third-order valence-corrected chi connectivity index (χ3v) is 1.98. The average Bonchev–Trinajstić information content (AvgIpc) is 2.59. The van der Waals surface area contributed by atoms with Gasteiger partial charge in [0.2, 0.25) is 11.8 Å². The molecule has 0 aliphatic carbocycles. The lowest BCUT2D eigenvalue weighted by atomic mass is 10.2. The number of aromatic nitrogens is 2. The van der Waals surface area contributed by atoms with Gasteiger partial charge in [0.05, 0.1) is 18.7 Å². The van der Waals surface area contributed by atoms with Crippen molar-refractivity contribution in [2.24, 2.45) is 18.5 Å². The first-order valence-corrected chi connectivity index (χ1v) is 4.78. The normalized spacial score (nSPS) is 12.1. The lowest BCUT2D eigenvalue weighted by Crippen LogP contribution is -2.42. The quantitative estimate of drug-likeness (QED) is 0.550. The van der Waals surface area contributed by atoms with Crippen molar-refractivity contribution < 1.29 is 9.59 Å². The van der Waals surface area contributed by atoms with Gasteiger partial charge in [-0.3, -0.25) is 14.3 Å². The Morgan fingerprint density at radius 3 is 2.81 bits per heavy atom. The Kier molecular flexibility index (Phi) is 4.01. The van der Waals surface area contributed by atoms with E-state index in [9.17, 15) is 9.59 Å². The number of aryl methyl sites for hydroxylation is 1. The van der Waals surface area contributed by atoms with Gasteiger partial charge in [-0.15, -0.1) is 0 Å². The zero-order chi connectivity index (χ0) is 12.1. The molecule has 0 aliphatic heterocycles. The molecule has 0 saturated heterocycles. The fourth-order valence-electron chi connectivity index (χ4n) is 1.19. The van der Waals surface area contributed by atoms with Crippen LogP contribution < -0.4 is 16.8 Å². The van der Waals surface area contributed by atoms with Gasteiger partial charge in [0.1, 0.15) is 0 Å².